The highest BCUT2D eigenvalue weighted by Crippen LogP contribution is 2.08. The van der Waals surface area contributed by atoms with Gasteiger partial charge in [0.25, 0.3) is 0 Å². The summed E-state index contributed by atoms with van der Waals surface area (Å²) in [6.07, 6.45) is 0. The van der Waals surface area contributed by atoms with Gasteiger partial charge in [0.1, 0.15) is 6.04 Å². The maximum atomic E-state index is 12.7. The van der Waals surface area contributed by atoms with E-state index in [1.165, 1.54) is 4.90 Å². The van der Waals surface area contributed by atoms with Crippen molar-refractivity contribution in [1.82, 2.24) is 15.5 Å². The van der Waals surface area contributed by atoms with Gasteiger partial charge in [-0.15, -0.1) is 0 Å². The molecule has 0 radical (unpaired) electrons. The number of carbonyl (C=O) groups excluding carboxylic acids is 3. The topological polar surface area (TPSA) is 90.5 Å². The molecule has 0 aliphatic carbocycles. The van der Waals surface area contributed by atoms with Crippen molar-refractivity contribution >= 4 is 23.5 Å². The predicted molar refractivity (Wildman–Crippen MR) is 103 cm³/mol. The number of anilines is 1. The summed E-state index contributed by atoms with van der Waals surface area (Å²) in [6.45, 7) is 9.24. The first kappa shape index (κ1) is 21.5. The van der Waals surface area contributed by atoms with Crippen molar-refractivity contribution in [3.05, 3.63) is 30.3 Å². The molecule has 0 saturated heterocycles. The number of nitrogens with zero attached hydrogens (tertiary/aromatic N) is 1. The summed E-state index contributed by atoms with van der Waals surface area (Å²) in [5, 5.41) is 8.20. The second-order valence-electron chi connectivity index (χ2n) is 7.68. The van der Waals surface area contributed by atoms with Crippen LogP contribution in [0.4, 0.5) is 10.5 Å². The Kier molecular flexibility index (Phi) is 7.61. The van der Waals surface area contributed by atoms with Crippen LogP contribution >= 0.6 is 0 Å². The zero-order valence-corrected chi connectivity index (χ0v) is 16.4. The molecule has 0 bridgehead atoms. The lowest BCUT2D eigenvalue weighted by atomic mass is 10.0. The molecular formula is C19H30N4O3. The third-order valence-electron chi connectivity index (χ3n) is 3.52. The van der Waals surface area contributed by atoms with E-state index in [2.05, 4.69) is 16.0 Å². The number of carbonyl (C=O) groups is 3. The number of benzene rings is 1. The number of nitrogens with one attached hydrogen (secondary N) is 3. The van der Waals surface area contributed by atoms with Gasteiger partial charge in [0.2, 0.25) is 11.8 Å². The standard InChI is InChI=1S/C19H30N4O3/c1-13(2)16(21-18(26)20-14-10-8-7-9-11-14)17(25)23(6)12-15(24)22-19(3,4)5/h7-11,13,16H,12H2,1-6H3,(H,22,24)(H2,20,21,26)/t16-/m1/s1. The van der Waals surface area contributed by atoms with Crippen LogP contribution in [0.15, 0.2) is 30.3 Å². The first-order chi connectivity index (χ1) is 12.0. The molecule has 7 nitrogen and oxygen atoms in total. The Morgan fingerprint density at radius 2 is 1.65 bits per heavy atom. The minimum atomic E-state index is -0.730. The van der Waals surface area contributed by atoms with Crippen molar-refractivity contribution in [2.45, 2.75) is 46.2 Å². The highest BCUT2D eigenvalue weighted by Gasteiger charge is 2.28. The SMILES string of the molecule is CC(C)[C@@H](NC(=O)Nc1ccccc1)C(=O)N(C)CC(=O)NC(C)(C)C. The van der Waals surface area contributed by atoms with Gasteiger partial charge in [-0.3, -0.25) is 9.59 Å². The molecule has 7 heteroatoms. The number of hydrogen-bond donors (Lipinski definition) is 3. The van der Waals surface area contributed by atoms with Crippen LogP contribution in [0.5, 0.6) is 0 Å². The van der Waals surface area contributed by atoms with Crippen LogP contribution in [0, 0.1) is 5.92 Å². The van der Waals surface area contributed by atoms with Crippen molar-refractivity contribution in [3.63, 3.8) is 0 Å². The van der Waals surface area contributed by atoms with E-state index in [-0.39, 0.29) is 29.8 Å². The molecule has 4 amide bonds. The van der Waals surface area contributed by atoms with Gasteiger partial charge in [0, 0.05) is 18.3 Å². The third kappa shape index (κ3) is 7.55. The van der Waals surface area contributed by atoms with Crippen LogP contribution in [0.3, 0.4) is 0 Å². The first-order valence-corrected chi connectivity index (χ1v) is 8.68. The van der Waals surface area contributed by atoms with Gasteiger partial charge in [0.15, 0.2) is 0 Å². The van der Waals surface area contributed by atoms with Crippen LogP contribution in [0.25, 0.3) is 0 Å². The molecule has 0 heterocycles. The fourth-order valence-electron chi connectivity index (χ4n) is 2.33. The fourth-order valence-corrected chi connectivity index (χ4v) is 2.33. The minimum absolute atomic E-state index is 0.0681. The predicted octanol–water partition coefficient (Wildman–Crippen LogP) is 2.21. The Morgan fingerprint density at radius 1 is 1.08 bits per heavy atom. The molecule has 0 aliphatic rings. The summed E-state index contributed by atoms with van der Waals surface area (Å²) >= 11 is 0. The maximum Gasteiger partial charge on any atom is 0.319 e. The normalized spacial score (nSPS) is 12.3. The van der Waals surface area contributed by atoms with Crippen molar-refractivity contribution in [3.8, 4) is 0 Å². The van der Waals surface area contributed by atoms with Crippen molar-refractivity contribution in [2.75, 3.05) is 18.9 Å². The van der Waals surface area contributed by atoms with E-state index in [9.17, 15) is 14.4 Å². The molecular weight excluding hydrogens is 332 g/mol. The summed E-state index contributed by atoms with van der Waals surface area (Å²) in [7, 11) is 1.55. The van der Waals surface area contributed by atoms with Crippen molar-refractivity contribution in [2.24, 2.45) is 5.92 Å². The molecule has 0 unspecified atom stereocenters. The van der Waals surface area contributed by atoms with Crippen molar-refractivity contribution in [1.29, 1.82) is 0 Å². The molecule has 144 valence electrons. The van der Waals surface area contributed by atoms with E-state index in [0.29, 0.717) is 5.69 Å². The molecule has 1 rings (SSSR count). The Labute approximate surface area is 155 Å². The van der Waals surface area contributed by atoms with Crippen LogP contribution in [-0.2, 0) is 9.59 Å². The molecule has 0 fully saturated rings. The molecule has 3 N–H and O–H groups in total. The lowest BCUT2D eigenvalue weighted by molar-refractivity contribution is -0.137. The number of para-hydroxylation sites is 1. The molecule has 1 aromatic rings. The van der Waals surface area contributed by atoms with Crippen LogP contribution in [0.1, 0.15) is 34.6 Å². The molecule has 0 aromatic heterocycles. The van der Waals surface area contributed by atoms with E-state index in [0.717, 1.165) is 0 Å². The van der Waals surface area contributed by atoms with Gasteiger partial charge in [0.05, 0.1) is 6.54 Å². The highest BCUT2D eigenvalue weighted by atomic mass is 16.2. The molecule has 26 heavy (non-hydrogen) atoms. The van der Waals surface area contributed by atoms with Gasteiger partial charge >= 0.3 is 6.03 Å². The van der Waals surface area contributed by atoms with Gasteiger partial charge in [-0.2, -0.15) is 0 Å². The number of likely N-dealkylation sites (N-methyl/N-ethyl adjacent to an activating group) is 1. The third-order valence-corrected chi connectivity index (χ3v) is 3.52. The maximum absolute atomic E-state index is 12.7. The average Bonchev–Trinajstić information content (AvgIpc) is 2.50. The lowest BCUT2D eigenvalue weighted by Crippen LogP contribution is -2.54. The minimum Gasteiger partial charge on any atom is -0.350 e. The van der Waals surface area contributed by atoms with Crippen molar-refractivity contribution < 1.29 is 14.4 Å². The Balaban J connectivity index is 2.68. The average molecular weight is 362 g/mol. The van der Waals surface area contributed by atoms with E-state index in [1.807, 2.05) is 52.8 Å². The first-order valence-electron chi connectivity index (χ1n) is 8.68. The van der Waals surface area contributed by atoms with Crippen LogP contribution in [0.2, 0.25) is 0 Å². The zero-order chi connectivity index (χ0) is 19.9. The van der Waals surface area contributed by atoms with Gasteiger partial charge in [-0.25, -0.2) is 4.79 Å². The Hall–Kier alpha value is -2.57. The quantitative estimate of drug-likeness (QED) is 0.725. The summed E-state index contributed by atoms with van der Waals surface area (Å²) in [5.41, 5.74) is 0.268. The monoisotopic (exact) mass is 362 g/mol. The second-order valence-corrected chi connectivity index (χ2v) is 7.68. The number of rotatable bonds is 6. The van der Waals surface area contributed by atoms with Crippen LogP contribution in [-0.4, -0.2) is 47.9 Å². The zero-order valence-electron chi connectivity index (χ0n) is 16.4. The number of amides is 4. The smallest absolute Gasteiger partial charge is 0.319 e. The summed E-state index contributed by atoms with van der Waals surface area (Å²) in [5.74, 6) is -0.686. The van der Waals surface area contributed by atoms with Crippen LogP contribution < -0.4 is 16.0 Å². The van der Waals surface area contributed by atoms with E-state index in [1.54, 1.807) is 19.2 Å². The number of urea groups is 1. The summed E-state index contributed by atoms with van der Waals surface area (Å²) < 4.78 is 0. The lowest BCUT2D eigenvalue weighted by Gasteiger charge is -2.28. The fraction of sp³-hybridized carbons (Fsp3) is 0.526. The molecule has 0 aliphatic heterocycles. The number of hydrogen-bond acceptors (Lipinski definition) is 3. The second kappa shape index (κ2) is 9.22. The summed E-state index contributed by atoms with van der Waals surface area (Å²) in [6, 6.07) is 7.79. The van der Waals surface area contributed by atoms with Gasteiger partial charge in [-0.05, 0) is 38.8 Å². The molecule has 1 aromatic carbocycles. The van der Waals surface area contributed by atoms with E-state index in [4.69, 9.17) is 0 Å². The van der Waals surface area contributed by atoms with Gasteiger partial charge < -0.3 is 20.9 Å². The Morgan fingerprint density at radius 3 is 2.15 bits per heavy atom. The van der Waals surface area contributed by atoms with Gasteiger partial charge in [-0.1, -0.05) is 32.0 Å². The van der Waals surface area contributed by atoms with E-state index >= 15 is 0 Å². The Bertz CT molecular complexity index is 623. The summed E-state index contributed by atoms with van der Waals surface area (Å²) in [4.78, 5) is 38.2. The molecule has 0 spiro atoms. The molecule has 0 saturated carbocycles. The van der Waals surface area contributed by atoms with E-state index < -0.39 is 12.1 Å². The highest BCUT2D eigenvalue weighted by molar-refractivity contribution is 5.94. The molecule has 1 atom stereocenters. The largest absolute Gasteiger partial charge is 0.350 e.